The lowest BCUT2D eigenvalue weighted by molar-refractivity contribution is -0.134. The van der Waals surface area contributed by atoms with Crippen LogP contribution in [0.25, 0.3) is 0 Å². The second-order valence-corrected chi connectivity index (χ2v) is 8.75. The molecule has 0 fully saturated rings. The molecule has 0 bridgehead atoms. The molecule has 0 saturated carbocycles. The summed E-state index contributed by atoms with van der Waals surface area (Å²) in [6, 6.07) is 12.5. The number of anilines is 2. The predicted octanol–water partition coefficient (Wildman–Crippen LogP) is 4.00. The van der Waals surface area contributed by atoms with Gasteiger partial charge in [0, 0.05) is 27.9 Å². The molecule has 3 amide bonds. The van der Waals surface area contributed by atoms with Crippen LogP contribution in [0.15, 0.2) is 51.8 Å². The number of carbonyl (C=O) groups is 3. The minimum atomic E-state index is -0.560. The van der Waals surface area contributed by atoms with Gasteiger partial charge in [-0.3, -0.25) is 14.4 Å². The van der Waals surface area contributed by atoms with Gasteiger partial charge < -0.3 is 15.5 Å². The van der Waals surface area contributed by atoms with Crippen LogP contribution in [0, 0.1) is 0 Å². The fourth-order valence-corrected chi connectivity index (χ4v) is 4.27. The molecule has 1 aliphatic rings. The smallest absolute Gasteiger partial charge is 0.244 e. The van der Waals surface area contributed by atoms with Gasteiger partial charge in [0.25, 0.3) is 0 Å². The van der Waals surface area contributed by atoms with Gasteiger partial charge in [0.05, 0.1) is 23.2 Å². The van der Waals surface area contributed by atoms with Gasteiger partial charge in [-0.25, -0.2) is 0 Å². The van der Waals surface area contributed by atoms with Crippen molar-refractivity contribution in [2.45, 2.75) is 16.6 Å². The molecule has 1 unspecified atom stereocenters. The number of nitrogens with one attached hydrogen (secondary N) is 2. The molecule has 0 saturated heterocycles. The first-order chi connectivity index (χ1) is 13.3. The van der Waals surface area contributed by atoms with Crippen molar-refractivity contribution in [3.05, 3.63) is 52.0 Å². The minimum Gasteiger partial charge on any atom is -0.336 e. The molecule has 0 aliphatic carbocycles. The number of amides is 3. The number of likely N-dealkylation sites (N-methyl/N-ethyl adjacent to an activating group) is 1. The van der Waals surface area contributed by atoms with E-state index in [1.165, 1.54) is 16.7 Å². The van der Waals surface area contributed by atoms with Crippen molar-refractivity contribution < 1.29 is 14.4 Å². The molecular formula is C19H17BrClN3O3S. The molecule has 146 valence electrons. The van der Waals surface area contributed by atoms with E-state index in [2.05, 4.69) is 26.6 Å². The van der Waals surface area contributed by atoms with Crippen molar-refractivity contribution in [3.8, 4) is 0 Å². The maximum absolute atomic E-state index is 12.5. The minimum absolute atomic E-state index is 0.00260. The summed E-state index contributed by atoms with van der Waals surface area (Å²) in [7, 11) is 1.54. The normalized spacial score (nSPS) is 15.4. The first-order valence-electron chi connectivity index (χ1n) is 8.39. The zero-order valence-electron chi connectivity index (χ0n) is 14.9. The predicted molar refractivity (Wildman–Crippen MR) is 115 cm³/mol. The number of para-hydroxylation sites is 1. The monoisotopic (exact) mass is 481 g/mol. The molecular weight excluding hydrogens is 466 g/mol. The molecule has 0 aromatic heterocycles. The molecule has 9 heteroatoms. The highest BCUT2D eigenvalue weighted by atomic mass is 79.9. The number of nitrogens with zero attached hydrogens (tertiary/aromatic N) is 1. The molecule has 1 aliphatic heterocycles. The van der Waals surface area contributed by atoms with Crippen molar-refractivity contribution >= 4 is 68.4 Å². The van der Waals surface area contributed by atoms with E-state index in [1.807, 2.05) is 18.2 Å². The van der Waals surface area contributed by atoms with Gasteiger partial charge in [0.1, 0.15) is 0 Å². The third-order valence-electron chi connectivity index (χ3n) is 4.08. The van der Waals surface area contributed by atoms with Crippen molar-refractivity contribution in [3.63, 3.8) is 0 Å². The van der Waals surface area contributed by atoms with Crippen LogP contribution in [-0.2, 0) is 14.4 Å². The quantitative estimate of drug-likeness (QED) is 0.675. The highest BCUT2D eigenvalue weighted by Gasteiger charge is 2.30. The second kappa shape index (κ2) is 8.98. The van der Waals surface area contributed by atoms with E-state index < -0.39 is 5.25 Å². The summed E-state index contributed by atoms with van der Waals surface area (Å²) < 4.78 is 0.756. The lowest BCUT2D eigenvalue weighted by Crippen LogP contribution is -2.39. The second-order valence-electron chi connectivity index (χ2n) is 6.22. The number of halogens is 2. The lowest BCUT2D eigenvalue weighted by Gasteiger charge is -2.25. The highest BCUT2D eigenvalue weighted by Crippen LogP contribution is 2.38. The third-order valence-corrected chi connectivity index (χ3v) is 6.28. The van der Waals surface area contributed by atoms with E-state index in [9.17, 15) is 14.4 Å². The first-order valence-corrected chi connectivity index (χ1v) is 10.4. The Morgan fingerprint density at radius 1 is 1.29 bits per heavy atom. The van der Waals surface area contributed by atoms with Gasteiger partial charge in [-0.1, -0.05) is 23.7 Å². The fraction of sp³-hybridized carbons (Fsp3) is 0.211. The van der Waals surface area contributed by atoms with E-state index in [-0.39, 0.29) is 30.7 Å². The van der Waals surface area contributed by atoms with Crippen LogP contribution in [0.4, 0.5) is 11.4 Å². The number of carbonyl (C=O) groups excluding carboxylic acids is 3. The van der Waals surface area contributed by atoms with Crippen LogP contribution in [-0.4, -0.2) is 41.5 Å². The van der Waals surface area contributed by atoms with Crippen molar-refractivity contribution in [1.82, 2.24) is 4.90 Å². The van der Waals surface area contributed by atoms with E-state index >= 15 is 0 Å². The SMILES string of the molecule is CN(CC(=O)Nc1ccccc1Br)C(=O)CC1Sc2ccc(Cl)cc2NC1=O. The maximum atomic E-state index is 12.5. The van der Waals surface area contributed by atoms with Crippen LogP contribution in [0.2, 0.25) is 5.02 Å². The van der Waals surface area contributed by atoms with Crippen LogP contribution in [0.5, 0.6) is 0 Å². The molecule has 2 aromatic carbocycles. The number of hydrogen-bond acceptors (Lipinski definition) is 4. The molecule has 2 N–H and O–H groups in total. The molecule has 6 nitrogen and oxygen atoms in total. The van der Waals surface area contributed by atoms with Gasteiger partial charge in [-0.15, -0.1) is 11.8 Å². The summed E-state index contributed by atoms with van der Waals surface area (Å²) in [5, 5.41) is 5.50. The van der Waals surface area contributed by atoms with E-state index in [4.69, 9.17) is 11.6 Å². The molecule has 1 atom stereocenters. The average Bonchev–Trinajstić information content (AvgIpc) is 2.64. The number of rotatable bonds is 5. The Morgan fingerprint density at radius 2 is 2.04 bits per heavy atom. The summed E-state index contributed by atoms with van der Waals surface area (Å²) in [4.78, 5) is 39.2. The van der Waals surface area contributed by atoms with Gasteiger partial charge in [0.2, 0.25) is 17.7 Å². The van der Waals surface area contributed by atoms with Gasteiger partial charge in [-0.2, -0.15) is 0 Å². The van der Waals surface area contributed by atoms with Crippen LogP contribution in [0.3, 0.4) is 0 Å². The summed E-state index contributed by atoms with van der Waals surface area (Å²) in [6.07, 6.45) is -0.00260. The van der Waals surface area contributed by atoms with Crippen molar-refractivity contribution in [2.24, 2.45) is 0 Å². The summed E-state index contributed by atoms with van der Waals surface area (Å²) >= 11 is 10.6. The van der Waals surface area contributed by atoms with Gasteiger partial charge >= 0.3 is 0 Å². The first kappa shape index (κ1) is 20.7. The fourth-order valence-electron chi connectivity index (χ4n) is 2.63. The standard InChI is InChI=1S/C19H17BrClN3O3S/c1-24(10-17(25)22-13-5-3-2-4-12(13)20)18(26)9-16-19(27)23-14-8-11(21)6-7-15(14)28-16/h2-8,16H,9-10H2,1H3,(H,22,25)(H,23,27). The molecule has 0 spiro atoms. The Kier molecular flexibility index (Phi) is 6.64. The van der Waals surface area contributed by atoms with E-state index in [0.29, 0.717) is 16.4 Å². The molecule has 0 radical (unpaired) electrons. The molecule has 28 heavy (non-hydrogen) atoms. The summed E-state index contributed by atoms with van der Waals surface area (Å²) in [6.45, 7) is -0.106. The lowest BCUT2D eigenvalue weighted by atomic mass is 10.2. The van der Waals surface area contributed by atoms with Crippen molar-refractivity contribution in [2.75, 3.05) is 24.2 Å². The van der Waals surface area contributed by atoms with Crippen LogP contribution >= 0.6 is 39.3 Å². The van der Waals surface area contributed by atoms with Gasteiger partial charge in [-0.05, 0) is 46.3 Å². The molecule has 1 heterocycles. The van der Waals surface area contributed by atoms with Gasteiger partial charge in [0.15, 0.2) is 0 Å². The van der Waals surface area contributed by atoms with E-state index in [0.717, 1.165) is 9.37 Å². The number of hydrogen-bond donors (Lipinski definition) is 2. The Labute approximate surface area is 180 Å². The van der Waals surface area contributed by atoms with Crippen LogP contribution < -0.4 is 10.6 Å². The van der Waals surface area contributed by atoms with E-state index in [1.54, 1.807) is 31.3 Å². The number of benzene rings is 2. The Hall–Kier alpha value is -2.03. The highest BCUT2D eigenvalue weighted by molar-refractivity contribution is 9.10. The number of thioether (sulfide) groups is 1. The topological polar surface area (TPSA) is 78.5 Å². The Morgan fingerprint density at radius 3 is 2.79 bits per heavy atom. The van der Waals surface area contributed by atoms with Crippen LogP contribution in [0.1, 0.15) is 6.42 Å². The summed E-state index contributed by atoms with van der Waals surface area (Å²) in [5.41, 5.74) is 1.28. The zero-order chi connectivity index (χ0) is 20.3. The Bertz CT molecular complexity index is 940. The number of fused-ring (bicyclic) bond motifs is 1. The third kappa shape index (κ3) is 5.06. The zero-order valence-corrected chi connectivity index (χ0v) is 18.0. The average molecular weight is 483 g/mol. The van der Waals surface area contributed by atoms with Crippen molar-refractivity contribution in [1.29, 1.82) is 0 Å². The molecule has 3 rings (SSSR count). The largest absolute Gasteiger partial charge is 0.336 e. The maximum Gasteiger partial charge on any atom is 0.244 e. The molecule has 2 aromatic rings. The summed E-state index contributed by atoms with van der Waals surface area (Å²) in [5.74, 6) is -0.852. The Balaban J connectivity index is 1.57.